The molecular weight excluding hydrogens is 395 g/mol. The topological polar surface area (TPSA) is 17.1 Å². The number of hydrogen-bond acceptors (Lipinski definition) is 1. The first kappa shape index (κ1) is 14.5. The van der Waals surface area contributed by atoms with E-state index in [1.807, 2.05) is 55.5 Å². The molecule has 0 spiro atoms. The maximum absolute atomic E-state index is 12.9. The van der Waals surface area contributed by atoms with Crippen molar-refractivity contribution in [1.82, 2.24) is 0 Å². The van der Waals surface area contributed by atoms with Crippen molar-refractivity contribution in [3.8, 4) is 0 Å². The average molecular weight is 407 g/mol. The summed E-state index contributed by atoms with van der Waals surface area (Å²) in [6.45, 7) is 2.01. The van der Waals surface area contributed by atoms with E-state index >= 15 is 0 Å². The Hall–Kier alpha value is -1.39. The van der Waals surface area contributed by atoms with Crippen LogP contribution >= 0.6 is 34.2 Å². The largest absolute Gasteiger partial charge is 0.289 e. The van der Waals surface area contributed by atoms with Crippen LogP contribution < -0.4 is 0 Å². The second-order valence-electron chi connectivity index (χ2n) is 4.91. The predicted molar refractivity (Wildman–Crippen MR) is 96.3 cm³/mol. The monoisotopic (exact) mass is 406 g/mol. The van der Waals surface area contributed by atoms with Gasteiger partial charge in [0.05, 0.1) is 0 Å². The fraction of sp³-hybridized carbons (Fsp3) is 0.0556. The van der Waals surface area contributed by atoms with Crippen LogP contribution in [-0.2, 0) is 0 Å². The van der Waals surface area contributed by atoms with Crippen molar-refractivity contribution in [3.05, 3.63) is 79.9 Å². The molecule has 0 fully saturated rings. The van der Waals surface area contributed by atoms with Gasteiger partial charge < -0.3 is 0 Å². The van der Waals surface area contributed by atoms with E-state index in [9.17, 15) is 4.79 Å². The minimum absolute atomic E-state index is 0.0379. The first-order valence-corrected chi connectivity index (χ1v) is 8.02. The molecule has 0 N–H and O–H groups in total. The maximum atomic E-state index is 12.9. The van der Waals surface area contributed by atoms with Crippen molar-refractivity contribution in [1.29, 1.82) is 0 Å². The number of hydrogen-bond donors (Lipinski definition) is 0. The Kier molecular flexibility index (Phi) is 4.00. The van der Waals surface area contributed by atoms with E-state index < -0.39 is 0 Å². The zero-order valence-electron chi connectivity index (χ0n) is 11.4. The van der Waals surface area contributed by atoms with E-state index in [1.165, 1.54) is 0 Å². The third kappa shape index (κ3) is 2.58. The van der Waals surface area contributed by atoms with Crippen LogP contribution in [0.4, 0.5) is 0 Å². The molecular formula is C18H12ClIO. The molecule has 0 heterocycles. The molecule has 3 rings (SSSR count). The molecule has 3 aromatic carbocycles. The first-order valence-electron chi connectivity index (χ1n) is 6.56. The summed E-state index contributed by atoms with van der Waals surface area (Å²) in [7, 11) is 0. The lowest BCUT2D eigenvalue weighted by Crippen LogP contribution is -2.05. The molecule has 0 aliphatic heterocycles. The number of rotatable bonds is 2. The molecule has 0 saturated heterocycles. The summed E-state index contributed by atoms with van der Waals surface area (Å²) in [5.74, 6) is 0.0379. The summed E-state index contributed by atoms with van der Waals surface area (Å²) in [5, 5.41) is 2.47. The quantitative estimate of drug-likeness (QED) is 0.398. The van der Waals surface area contributed by atoms with Crippen molar-refractivity contribution >= 4 is 50.7 Å². The van der Waals surface area contributed by atoms with Gasteiger partial charge in [-0.1, -0.05) is 48.0 Å². The number of ketones is 1. The Morgan fingerprint density at radius 1 is 0.905 bits per heavy atom. The van der Waals surface area contributed by atoms with Gasteiger partial charge in [0.25, 0.3) is 0 Å². The van der Waals surface area contributed by atoms with Crippen molar-refractivity contribution in [2.45, 2.75) is 6.92 Å². The molecule has 0 bridgehead atoms. The highest BCUT2D eigenvalue weighted by molar-refractivity contribution is 14.1. The number of carbonyl (C=O) groups excluding carboxylic acids is 1. The van der Waals surface area contributed by atoms with Crippen LogP contribution in [0.3, 0.4) is 0 Å². The summed E-state index contributed by atoms with van der Waals surface area (Å²) in [4.78, 5) is 12.9. The Morgan fingerprint density at radius 3 is 2.38 bits per heavy atom. The lowest BCUT2D eigenvalue weighted by Gasteiger charge is -2.10. The Bertz CT molecular complexity index is 855. The molecule has 21 heavy (non-hydrogen) atoms. The van der Waals surface area contributed by atoms with Gasteiger partial charge in [0.2, 0.25) is 0 Å². The zero-order valence-corrected chi connectivity index (χ0v) is 14.3. The third-order valence-electron chi connectivity index (χ3n) is 3.55. The average Bonchev–Trinajstić information content (AvgIpc) is 2.50. The van der Waals surface area contributed by atoms with E-state index in [4.69, 9.17) is 11.6 Å². The third-order valence-corrected chi connectivity index (χ3v) is 5.31. The second kappa shape index (κ2) is 5.78. The van der Waals surface area contributed by atoms with Gasteiger partial charge in [-0.3, -0.25) is 4.79 Å². The lowest BCUT2D eigenvalue weighted by atomic mass is 9.96. The molecule has 0 radical (unpaired) electrons. The van der Waals surface area contributed by atoms with Crippen LogP contribution in [0.5, 0.6) is 0 Å². The van der Waals surface area contributed by atoms with E-state index in [1.54, 1.807) is 6.07 Å². The number of benzene rings is 3. The van der Waals surface area contributed by atoms with Crippen LogP contribution in [-0.4, -0.2) is 5.78 Å². The highest BCUT2D eigenvalue weighted by Gasteiger charge is 2.16. The molecule has 0 unspecified atom stereocenters. The summed E-state index contributed by atoms with van der Waals surface area (Å²) >= 11 is 8.45. The number of halogens is 2. The smallest absolute Gasteiger partial charge is 0.194 e. The normalized spacial score (nSPS) is 10.8. The fourth-order valence-corrected chi connectivity index (χ4v) is 3.26. The molecule has 0 saturated carbocycles. The molecule has 3 heteroatoms. The van der Waals surface area contributed by atoms with Crippen LogP contribution in [0.1, 0.15) is 21.5 Å². The molecule has 0 aliphatic carbocycles. The minimum Gasteiger partial charge on any atom is -0.289 e. The van der Waals surface area contributed by atoms with Gasteiger partial charge in [0.1, 0.15) is 0 Å². The summed E-state index contributed by atoms with van der Waals surface area (Å²) < 4.78 is 0.999. The lowest BCUT2D eigenvalue weighted by molar-refractivity contribution is 0.103. The molecule has 1 nitrogen and oxygen atoms in total. The van der Waals surface area contributed by atoms with Gasteiger partial charge in [0, 0.05) is 25.1 Å². The molecule has 104 valence electrons. The van der Waals surface area contributed by atoms with Gasteiger partial charge in [0.15, 0.2) is 5.78 Å². The maximum Gasteiger partial charge on any atom is 0.194 e. The number of aryl methyl sites for hydroxylation is 1. The van der Waals surface area contributed by atoms with Crippen molar-refractivity contribution in [3.63, 3.8) is 0 Å². The second-order valence-corrected chi connectivity index (χ2v) is 6.39. The Labute approximate surface area is 142 Å². The standard InChI is InChI=1S/C18H12ClIO/c1-11-5-4-8-15(17(11)20)18(21)14-9-10-16(19)13-7-3-2-6-12(13)14/h2-10H,1H3. The van der Waals surface area contributed by atoms with E-state index in [0.29, 0.717) is 10.6 Å². The highest BCUT2D eigenvalue weighted by Crippen LogP contribution is 2.29. The molecule has 3 aromatic rings. The summed E-state index contributed by atoms with van der Waals surface area (Å²) in [6, 6.07) is 17.1. The minimum atomic E-state index is 0.0379. The first-order chi connectivity index (χ1) is 10.1. The highest BCUT2D eigenvalue weighted by atomic mass is 127. The summed E-state index contributed by atoms with van der Waals surface area (Å²) in [5.41, 5.74) is 2.54. The molecule has 0 amide bonds. The van der Waals surface area contributed by atoms with Crippen LogP contribution in [0.25, 0.3) is 10.8 Å². The van der Waals surface area contributed by atoms with Crippen molar-refractivity contribution < 1.29 is 4.79 Å². The molecule has 0 atom stereocenters. The zero-order chi connectivity index (χ0) is 15.0. The van der Waals surface area contributed by atoms with Crippen LogP contribution in [0.2, 0.25) is 5.02 Å². The SMILES string of the molecule is Cc1cccc(C(=O)c2ccc(Cl)c3ccccc23)c1I. The Balaban J connectivity index is 2.23. The van der Waals surface area contributed by atoms with Gasteiger partial charge in [-0.15, -0.1) is 0 Å². The van der Waals surface area contributed by atoms with Gasteiger partial charge >= 0.3 is 0 Å². The van der Waals surface area contributed by atoms with Crippen molar-refractivity contribution in [2.75, 3.05) is 0 Å². The van der Waals surface area contributed by atoms with E-state index in [2.05, 4.69) is 22.6 Å². The molecule has 0 aliphatic rings. The molecule has 0 aromatic heterocycles. The van der Waals surface area contributed by atoms with Gasteiger partial charge in [-0.2, -0.15) is 0 Å². The van der Waals surface area contributed by atoms with E-state index in [0.717, 1.165) is 25.5 Å². The van der Waals surface area contributed by atoms with Crippen molar-refractivity contribution in [2.24, 2.45) is 0 Å². The van der Waals surface area contributed by atoms with Crippen LogP contribution in [0.15, 0.2) is 54.6 Å². The van der Waals surface area contributed by atoms with E-state index in [-0.39, 0.29) is 5.78 Å². The van der Waals surface area contributed by atoms with Gasteiger partial charge in [-0.25, -0.2) is 0 Å². The number of fused-ring (bicyclic) bond motifs is 1. The summed E-state index contributed by atoms with van der Waals surface area (Å²) in [6.07, 6.45) is 0. The predicted octanol–water partition coefficient (Wildman–Crippen LogP) is 5.64. The Morgan fingerprint density at radius 2 is 1.62 bits per heavy atom. The van der Waals surface area contributed by atoms with Crippen LogP contribution in [0, 0.1) is 10.5 Å². The van der Waals surface area contributed by atoms with Gasteiger partial charge in [-0.05, 0) is 58.7 Å². The number of carbonyl (C=O) groups is 1. The fourth-order valence-electron chi connectivity index (χ4n) is 2.43.